The quantitative estimate of drug-likeness (QED) is 0.416. The van der Waals surface area contributed by atoms with E-state index in [0.29, 0.717) is 17.0 Å². The maximum Gasteiger partial charge on any atom is 0.337 e. The zero-order chi connectivity index (χ0) is 21.4. The van der Waals surface area contributed by atoms with E-state index in [2.05, 4.69) is 21.4 Å². The molecule has 1 aromatic heterocycles. The third-order valence-electron chi connectivity index (χ3n) is 4.35. The van der Waals surface area contributed by atoms with E-state index in [1.807, 2.05) is 0 Å². The smallest absolute Gasteiger partial charge is 0.337 e. The van der Waals surface area contributed by atoms with Crippen molar-refractivity contribution in [1.29, 1.82) is 0 Å². The molecule has 1 aliphatic rings. The van der Waals surface area contributed by atoms with Crippen molar-refractivity contribution in [3.05, 3.63) is 81.0 Å². The van der Waals surface area contributed by atoms with Crippen molar-refractivity contribution in [1.82, 2.24) is 5.43 Å². The first-order valence-corrected chi connectivity index (χ1v) is 9.76. The molecule has 1 fully saturated rings. The highest BCUT2D eigenvalue weighted by atomic mass is 79.9. The minimum Gasteiger partial charge on any atom is -0.478 e. The molecule has 150 valence electrons. The fourth-order valence-electron chi connectivity index (χ4n) is 2.92. The molecule has 0 saturated carbocycles. The number of hydrazine groups is 1. The van der Waals surface area contributed by atoms with E-state index in [1.54, 1.807) is 42.5 Å². The largest absolute Gasteiger partial charge is 0.478 e. The third-order valence-corrected chi connectivity index (χ3v) is 5.18. The van der Waals surface area contributed by atoms with Gasteiger partial charge in [0.1, 0.15) is 17.1 Å². The second kappa shape index (κ2) is 7.81. The van der Waals surface area contributed by atoms with Gasteiger partial charge < -0.3 is 9.52 Å². The molecule has 2 aromatic carbocycles. The van der Waals surface area contributed by atoms with E-state index in [1.165, 1.54) is 18.2 Å². The molecule has 2 N–H and O–H groups in total. The highest BCUT2D eigenvalue weighted by Gasteiger charge is 2.34. The molecule has 2 heterocycles. The molecule has 30 heavy (non-hydrogen) atoms. The number of aromatic carboxylic acids is 1. The van der Waals surface area contributed by atoms with E-state index in [-0.39, 0.29) is 21.9 Å². The van der Waals surface area contributed by atoms with Crippen LogP contribution in [-0.2, 0) is 9.59 Å². The lowest BCUT2D eigenvalue weighted by Crippen LogP contribution is -2.35. The number of carboxylic acids is 1. The molecule has 0 spiro atoms. The molecule has 1 saturated heterocycles. The number of nitrogens with zero attached hydrogens (tertiary/aromatic N) is 1. The number of carbonyl (C=O) groups is 3. The van der Waals surface area contributed by atoms with Crippen LogP contribution >= 0.6 is 27.5 Å². The van der Waals surface area contributed by atoms with Crippen LogP contribution in [-0.4, -0.2) is 22.9 Å². The predicted octanol–water partition coefficient (Wildman–Crippen LogP) is 4.52. The summed E-state index contributed by atoms with van der Waals surface area (Å²) in [4.78, 5) is 36.3. The zero-order valence-electron chi connectivity index (χ0n) is 15.1. The van der Waals surface area contributed by atoms with Crippen molar-refractivity contribution < 1.29 is 23.9 Å². The molecular weight excluding hydrogens is 476 g/mol. The average Bonchev–Trinajstić information content (AvgIpc) is 3.28. The van der Waals surface area contributed by atoms with E-state index in [0.717, 1.165) is 9.48 Å². The molecule has 0 aliphatic carbocycles. The summed E-state index contributed by atoms with van der Waals surface area (Å²) >= 11 is 9.22. The SMILES string of the molecule is O=C1NN(c2cccc(Br)c2)C(=O)C1=Cc1ccc(-c2ccc(Cl)c(C(=O)O)c2)o1. The Morgan fingerprint density at radius 2 is 1.93 bits per heavy atom. The minimum absolute atomic E-state index is 0.0551. The number of anilines is 1. The highest BCUT2D eigenvalue weighted by Crippen LogP contribution is 2.29. The Balaban J connectivity index is 1.63. The monoisotopic (exact) mass is 486 g/mol. The topological polar surface area (TPSA) is 99.9 Å². The van der Waals surface area contributed by atoms with Gasteiger partial charge in [-0.25, -0.2) is 9.80 Å². The van der Waals surface area contributed by atoms with Gasteiger partial charge in [0.15, 0.2) is 0 Å². The van der Waals surface area contributed by atoms with Crippen LogP contribution < -0.4 is 10.4 Å². The molecule has 0 unspecified atom stereocenters. The van der Waals surface area contributed by atoms with Gasteiger partial charge in [0.2, 0.25) is 0 Å². The lowest BCUT2D eigenvalue weighted by molar-refractivity contribution is -0.117. The van der Waals surface area contributed by atoms with E-state index in [4.69, 9.17) is 16.0 Å². The number of furan rings is 1. The first-order chi connectivity index (χ1) is 14.3. The number of amides is 2. The first kappa shape index (κ1) is 19.9. The maximum absolute atomic E-state index is 12.7. The Morgan fingerprint density at radius 1 is 1.13 bits per heavy atom. The normalized spacial score (nSPS) is 15.0. The second-order valence-corrected chi connectivity index (χ2v) is 7.64. The summed E-state index contributed by atoms with van der Waals surface area (Å²) in [7, 11) is 0. The third kappa shape index (κ3) is 3.74. The molecule has 0 bridgehead atoms. The molecule has 3 aromatic rings. The average molecular weight is 488 g/mol. The van der Waals surface area contributed by atoms with Crippen LogP contribution in [0.15, 0.2) is 69.1 Å². The van der Waals surface area contributed by atoms with Crippen molar-refractivity contribution in [2.75, 3.05) is 5.01 Å². The van der Waals surface area contributed by atoms with Crippen LogP contribution in [0.1, 0.15) is 16.1 Å². The lowest BCUT2D eigenvalue weighted by atomic mass is 10.1. The molecule has 9 heteroatoms. The summed E-state index contributed by atoms with van der Waals surface area (Å²) < 4.78 is 6.46. The predicted molar refractivity (Wildman–Crippen MR) is 114 cm³/mol. The number of halogens is 2. The number of hydrogen-bond donors (Lipinski definition) is 2. The Hall–Kier alpha value is -3.36. The molecule has 0 radical (unpaired) electrons. The van der Waals surface area contributed by atoms with E-state index in [9.17, 15) is 19.5 Å². The number of rotatable bonds is 4. The van der Waals surface area contributed by atoms with Crippen molar-refractivity contribution >= 4 is 57.1 Å². The van der Waals surface area contributed by atoms with Gasteiger partial charge in [0.25, 0.3) is 11.8 Å². The molecule has 2 amide bonds. The summed E-state index contributed by atoms with van der Waals surface area (Å²) in [6.07, 6.45) is 1.34. The zero-order valence-corrected chi connectivity index (χ0v) is 17.4. The van der Waals surface area contributed by atoms with Gasteiger partial charge >= 0.3 is 5.97 Å². The summed E-state index contributed by atoms with van der Waals surface area (Å²) in [5.41, 5.74) is 3.38. The van der Waals surface area contributed by atoms with Gasteiger partial charge in [-0.3, -0.25) is 15.0 Å². The van der Waals surface area contributed by atoms with Gasteiger partial charge in [-0.05, 0) is 54.6 Å². The molecule has 0 atom stereocenters. The maximum atomic E-state index is 12.7. The number of benzene rings is 2. The van der Waals surface area contributed by atoms with Gasteiger partial charge in [-0.2, -0.15) is 0 Å². The van der Waals surface area contributed by atoms with Crippen molar-refractivity contribution in [2.45, 2.75) is 0 Å². The van der Waals surface area contributed by atoms with Gasteiger partial charge in [-0.15, -0.1) is 0 Å². The van der Waals surface area contributed by atoms with Gasteiger partial charge in [0, 0.05) is 10.0 Å². The van der Waals surface area contributed by atoms with Gasteiger partial charge in [0.05, 0.1) is 16.3 Å². The van der Waals surface area contributed by atoms with Crippen molar-refractivity contribution in [2.24, 2.45) is 0 Å². The Labute approximate surface area is 183 Å². The standard InChI is InChI=1S/C21H12BrClN2O5/c22-12-2-1-3-13(9-12)25-20(27)16(19(26)24-25)10-14-5-7-18(30-14)11-4-6-17(23)15(8-11)21(28)29/h1-10H,(H,24,26)(H,28,29). The van der Waals surface area contributed by atoms with Crippen LogP contribution in [0.3, 0.4) is 0 Å². The molecule has 1 aliphatic heterocycles. The van der Waals surface area contributed by atoms with E-state index >= 15 is 0 Å². The number of carboxylic acid groups (broad SMARTS) is 1. The first-order valence-electron chi connectivity index (χ1n) is 8.59. The van der Waals surface area contributed by atoms with Crippen LogP contribution in [0.25, 0.3) is 17.4 Å². The summed E-state index contributed by atoms with van der Waals surface area (Å²) in [5, 5.41) is 10.5. The number of carbonyl (C=O) groups excluding carboxylic acids is 2. The molecular formula is C21H12BrClN2O5. The van der Waals surface area contributed by atoms with Crippen molar-refractivity contribution in [3.63, 3.8) is 0 Å². The number of nitrogens with one attached hydrogen (secondary N) is 1. The van der Waals surface area contributed by atoms with E-state index < -0.39 is 17.8 Å². The summed E-state index contributed by atoms with van der Waals surface area (Å²) in [6.45, 7) is 0. The Kier molecular flexibility index (Phi) is 5.19. The Morgan fingerprint density at radius 3 is 2.67 bits per heavy atom. The minimum atomic E-state index is -1.16. The fraction of sp³-hybridized carbons (Fsp3) is 0. The molecule has 4 rings (SSSR count). The highest BCUT2D eigenvalue weighted by molar-refractivity contribution is 9.10. The number of hydrogen-bond acceptors (Lipinski definition) is 4. The molecule has 7 nitrogen and oxygen atoms in total. The van der Waals surface area contributed by atoms with Crippen LogP contribution in [0.5, 0.6) is 0 Å². The van der Waals surface area contributed by atoms with Gasteiger partial charge in [-0.1, -0.05) is 33.6 Å². The second-order valence-electron chi connectivity index (χ2n) is 6.32. The van der Waals surface area contributed by atoms with Crippen LogP contribution in [0, 0.1) is 0 Å². The summed E-state index contributed by atoms with van der Waals surface area (Å²) in [5.74, 6) is -1.59. The van der Waals surface area contributed by atoms with Crippen LogP contribution in [0.2, 0.25) is 5.02 Å². The fourth-order valence-corrected chi connectivity index (χ4v) is 3.51. The Bertz CT molecular complexity index is 1230. The van der Waals surface area contributed by atoms with Crippen LogP contribution in [0.4, 0.5) is 5.69 Å². The lowest BCUT2D eigenvalue weighted by Gasteiger charge is -2.14. The van der Waals surface area contributed by atoms with Crippen molar-refractivity contribution in [3.8, 4) is 11.3 Å². The summed E-state index contributed by atoms with van der Waals surface area (Å²) in [6, 6.07) is 14.6.